The van der Waals surface area contributed by atoms with Crippen molar-refractivity contribution in [3.05, 3.63) is 60.8 Å². The first-order chi connectivity index (χ1) is 10.8. The van der Waals surface area contributed by atoms with E-state index in [2.05, 4.69) is 10.5 Å². The van der Waals surface area contributed by atoms with Crippen molar-refractivity contribution >= 4 is 16.6 Å². The molecule has 4 heteroatoms. The first-order valence-corrected chi connectivity index (χ1v) is 7.01. The number of nitrogens with zero attached hydrogens (tertiary/aromatic N) is 2. The summed E-state index contributed by atoms with van der Waals surface area (Å²) in [5.41, 5.74) is 4.78. The predicted octanol–water partition coefficient (Wildman–Crippen LogP) is 3.87. The van der Waals surface area contributed by atoms with Crippen LogP contribution in [0.5, 0.6) is 11.5 Å². The summed E-state index contributed by atoms with van der Waals surface area (Å²) in [4.78, 5) is 4.79. The molecule has 4 nitrogen and oxygen atoms in total. The molecule has 108 valence electrons. The van der Waals surface area contributed by atoms with Crippen LogP contribution in [0.1, 0.15) is 0 Å². The average Bonchev–Trinajstić information content (AvgIpc) is 3.04. The van der Waals surface area contributed by atoms with Gasteiger partial charge in [0.2, 0.25) is 0 Å². The Kier molecular flexibility index (Phi) is 2.76. The molecule has 0 aliphatic carbocycles. The topological polar surface area (TPSA) is 46.8 Å². The number of rotatable bonds is 2. The van der Waals surface area contributed by atoms with E-state index >= 15 is 0 Å². The fraction of sp³-hybridized carbons (Fsp3) is 0.0556. The van der Waals surface area contributed by atoms with Gasteiger partial charge in [-0.15, -0.1) is 0 Å². The summed E-state index contributed by atoms with van der Waals surface area (Å²) in [6, 6.07) is 17.4. The molecule has 0 unspecified atom stereocenters. The van der Waals surface area contributed by atoms with Gasteiger partial charge < -0.3 is 14.2 Å². The first-order valence-electron chi connectivity index (χ1n) is 7.01. The summed E-state index contributed by atoms with van der Waals surface area (Å²) in [5, 5.41) is 9.78. The van der Waals surface area contributed by atoms with Gasteiger partial charge >= 0.3 is 0 Å². The van der Waals surface area contributed by atoms with E-state index in [0.717, 1.165) is 27.8 Å². The van der Waals surface area contributed by atoms with Crippen LogP contribution in [0.4, 0.5) is 0 Å². The Bertz CT molecular complexity index is 989. The molecule has 0 amide bonds. The lowest BCUT2D eigenvalue weighted by atomic mass is 10.1. The maximum atomic E-state index is 9.78. The Hall–Kier alpha value is -3.01. The molecule has 0 fully saturated rings. The van der Waals surface area contributed by atoms with E-state index in [0.29, 0.717) is 5.75 Å². The number of phenols is 1. The zero-order valence-electron chi connectivity index (χ0n) is 12.0. The number of fused-ring (bicyclic) bond motifs is 3. The molecule has 0 bridgehead atoms. The van der Waals surface area contributed by atoms with Gasteiger partial charge in [0, 0.05) is 11.8 Å². The third-order valence-corrected chi connectivity index (χ3v) is 3.82. The number of aromatic hydroxyl groups is 1. The van der Waals surface area contributed by atoms with Crippen LogP contribution in [0.3, 0.4) is 0 Å². The highest BCUT2D eigenvalue weighted by Gasteiger charge is 2.12. The Balaban J connectivity index is 2.06. The zero-order chi connectivity index (χ0) is 15.1. The number of methoxy groups -OCH3 is 1. The fourth-order valence-electron chi connectivity index (χ4n) is 2.76. The predicted molar refractivity (Wildman–Crippen MR) is 86.4 cm³/mol. The van der Waals surface area contributed by atoms with Gasteiger partial charge in [0.15, 0.2) is 11.5 Å². The van der Waals surface area contributed by atoms with E-state index < -0.39 is 0 Å². The number of para-hydroxylation sites is 2. The largest absolute Gasteiger partial charge is 0.504 e. The van der Waals surface area contributed by atoms with Crippen LogP contribution in [0.15, 0.2) is 60.8 Å². The molecular formula is C18H14N2O2. The molecule has 2 aromatic carbocycles. The molecule has 2 heterocycles. The number of hydrogen-bond acceptors (Lipinski definition) is 3. The van der Waals surface area contributed by atoms with E-state index in [4.69, 9.17) is 9.72 Å². The lowest BCUT2D eigenvalue weighted by Crippen LogP contribution is -1.94. The van der Waals surface area contributed by atoms with E-state index in [1.807, 2.05) is 42.6 Å². The van der Waals surface area contributed by atoms with Crippen LogP contribution >= 0.6 is 0 Å². The van der Waals surface area contributed by atoms with Crippen molar-refractivity contribution in [1.82, 2.24) is 9.38 Å². The third-order valence-electron chi connectivity index (χ3n) is 3.82. The second-order valence-electron chi connectivity index (χ2n) is 5.10. The van der Waals surface area contributed by atoms with Crippen LogP contribution in [0.25, 0.3) is 27.8 Å². The van der Waals surface area contributed by atoms with E-state index in [1.165, 1.54) is 0 Å². The number of aromatic nitrogens is 2. The Morgan fingerprint density at radius 2 is 1.82 bits per heavy atom. The molecule has 0 atom stereocenters. The Morgan fingerprint density at radius 1 is 1.00 bits per heavy atom. The number of hydrogen-bond donors (Lipinski definition) is 1. The summed E-state index contributed by atoms with van der Waals surface area (Å²) in [7, 11) is 1.54. The highest BCUT2D eigenvalue weighted by molar-refractivity contribution is 5.88. The molecule has 4 aromatic rings. The van der Waals surface area contributed by atoms with Crippen LogP contribution in [0.2, 0.25) is 0 Å². The minimum Gasteiger partial charge on any atom is -0.504 e. The Labute approximate surface area is 127 Å². The van der Waals surface area contributed by atoms with Crippen LogP contribution < -0.4 is 4.74 Å². The Morgan fingerprint density at radius 3 is 2.68 bits per heavy atom. The first kappa shape index (κ1) is 12.7. The molecule has 0 aliphatic heterocycles. The normalized spacial score (nSPS) is 11.1. The van der Waals surface area contributed by atoms with Gasteiger partial charge in [0.25, 0.3) is 0 Å². The minimum atomic E-state index is 0.124. The molecule has 0 spiro atoms. The highest BCUT2D eigenvalue weighted by atomic mass is 16.5. The van der Waals surface area contributed by atoms with Gasteiger partial charge in [-0.1, -0.05) is 12.1 Å². The fourth-order valence-corrected chi connectivity index (χ4v) is 2.76. The van der Waals surface area contributed by atoms with Crippen LogP contribution in [-0.4, -0.2) is 21.6 Å². The molecule has 22 heavy (non-hydrogen) atoms. The van der Waals surface area contributed by atoms with Gasteiger partial charge in [0.1, 0.15) is 0 Å². The smallest absolute Gasteiger partial charge is 0.161 e. The molecule has 0 radical (unpaired) electrons. The second kappa shape index (κ2) is 4.77. The quantitative estimate of drug-likeness (QED) is 0.609. The van der Waals surface area contributed by atoms with Gasteiger partial charge in [-0.2, -0.15) is 0 Å². The van der Waals surface area contributed by atoms with Crippen molar-refractivity contribution in [2.24, 2.45) is 0 Å². The lowest BCUT2D eigenvalue weighted by molar-refractivity contribution is 0.373. The molecule has 1 N–H and O–H groups in total. The van der Waals surface area contributed by atoms with Gasteiger partial charge in [0.05, 0.1) is 29.4 Å². The molecule has 0 aliphatic rings. The van der Waals surface area contributed by atoms with Crippen LogP contribution in [0, 0.1) is 0 Å². The summed E-state index contributed by atoms with van der Waals surface area (Å²) >= 11 is 0. The van der Waals surface area contributed by atoms with Crippen molar-refractivity contribution in [3.63, 3.8) is 0 Å². The standard InChI is InChI=1S/C18H14N2O2/c1-22-17-11-12(8-9-16(17)21)18-15-7-4-10-20(15)14-6-3-2-5-13(14)19-18/h2-11,21H,1H3. The number of phenolic OH excluding ortho intramolecular Hbond substituents is 1. The molecule has 0 saturated carbocycles. The zero-order valence-corrected chi connectivity index (χ0v) is 12.0. The summed E-state index contributed by atoms with van der Waals surface area (Å²) < 4.78 is 7.33. The summed E-state index contributed by atoms with van der Waals surface area (Å²) in [6.07, 6.45) is 2.03. The van der Waals surface area contributed by atoms with E-state index in [9.17, 15) is 5.11 Å². The van der Waals surface area contributed by atoms with E-state index in [-0.39, 0.29) is 5.75 Å². The second-order valence-corrected chi connectivity index (χ2v) is 5.10. The average molecular weight is 290 g/mol. The van der Waals surface area contributed by atoms with Crippen LogP contribution in [-0.2, 0) is 0 Å². The summed E-state index contributed by atoms with van der Waals surface area (Å²) in [5.74, 6) is 0.565. The van der Waals surface area contributed by atoms with Crippen molar-refractivity contribution in [3.8, 4) is 22.8 Å². The van der Waals surface area contributed by atoms with Gasteiger partial charge in [-0.05, 0) is 42.5 Å². The van der Waals surface area contributed by atoms with Gasteiger partial charge in [-0.25, -0.2) is 4.98 Å². The maximum absolute atomic E-state index is 9.78. The minimum absolute atomic E-state index is 0.124. The van der Waals surface area contributed by atoms with Crippen molar-refractivity contribution in [2.75, 3.05) is 7.11 Å². The number of ether oxygens (including phenoxy) is 1. The molecule has 4 rings (SSSR count). The summed E-state index contributed by atoms with van der Waals surface area (Å²) in [6.45, 7) is 0. The number of benzene rings is 2. The van der Waals surface area contributed by atoms with Gasteiger partial charge in [-0.3, -0.25) is 0 Å². The maximum Gasteiger partial charge on any atom is 0.161 e. The van der Waals surface area contributed by atoms with E-state index in [1.54, 1.807) is 19.2 Å². The SMILES string of the molecule is COc1cc(-c2nc3ccccc3n3cccc23)ccc1O. The van der Waals surface area contributed by atoms with Crippen molar-refractivity contribution < 1.29 is 9.84 Å². The lowest BCUT2D eigenvalue weighted by Gasteiger charge is -2.10. The monoisotopic (exact) mass is 290 g/mol. The highest BCUT2D eigenvalue weighted by Crippen LogP contribution is 2.33. The van der Waals surface area contributed by atoms with Crippen molar-refractivity contribution in [2.45, 2.75) is 0 Å². The van der Waals surface area contributed by atoms with Crippen molar-refractivity contribution in [1.29, 1.82) is 0 Å². The molecule has 0 saturated heterocycles. The third kappa shape index (κ3) is 1.81. The molecular weight excluding hydrogens is 276 g/mol. The molecule has 2 aromatic heterocycles.